The Balaban J connectivity index is 1.61. The average molecular weight is 640 g/mol. The molecule has 214 valence electrons. The van der Waals surface area contributed by atoms with Gasteiger partial charge in [0.05, 0.1) is 23.4 Å². The van der Waals surface area contributed by atoms with E-state index in [0.29, 0.717) is 23.8 Å². The molecule has 2 aromatic carbocycles. The molecule has 17 heteroatoms. The van der Waals surface area contributed by atoms with Gasteiger partial charge in [0, 0.05) is 17.4 Å². The molecule has 0 bridgehead atoms. The maximum atomic E-state index is 14.0. The fourth-order valence-electron chi connectivity index (χ4n) is 3.77. The number of nitrogen functional groups attached to an aromatic ring is 1. The van der Waals surface area contributed by atoms with Gasteiger partial charge in [-0.25, -0.2) is 23.5 Å². The molecule has 0 saturated heterocycles. The summed E-state index contributed by atoms with van der Waals surface area (Å²) in [7, 11) is 0. The summed E-state index contributed by atoms with van der Waals surface area (Å²) in [5.41, 5.74) is 5.24. The number of rotatable bonds is 7. The lowest BCUT2D eigenvalue weighted by molar-refractivity contribution is -0.137. The van der Waals surface area contributed by atoms with Gasteiger partial charge in [0.15, 0.2) is 28.1 Å². The summed E-state index contributed by atoms with van der Waals surface area (Å²) in [5.74, 6) is -2.80. The molecule has 41 heavy (non-hydrogen) atoms. The summed E-state index contributed by atoms with van der Waals surface area (Å²) in [4.78, 5) is 41.2. The molecule has 1 unspecified atom stereocenters. The van der Waals surface area contributed by atoms with E-state index in [1.165, 1.54) is 35.0 Å². The molecule has 6 N–H and O–H groups in total. The van der Waals surface area contributed by atoms with E-state index in [4.69, 9.17) is 5.73 Å². The number of fused-ring (bicyclic) bond motifs is 1. The Bertz CT molecular complexity index is 1630. The molecule has 0 aliphatic carbocycles. The number of nitrogens with one attached hydrogen (secondary N) is 3. The molecule has 0 saturated carbocycles. The standard InChI is InChI=1S/C24H18BrF4N7O5/c25-41-22(39)17(9-37)34-21(38)14-8-36-19(20(30)31-10-32-36)18(14)11-1-4-13(5-2-11)33-23(40)35-16-7-12(24(27,28)29)3-6-15(16)26/h1-8,10,17,37H,9H2,(H,34,38)(H2,30,31,32)(H2,33,35,40). The van der Waals surface area contributed by atoms with Crippen molar-refractivity contribution in [2.45, 2.75) is 12.2 Å². The van der Waals surface area contributed by atoms with Gasteiger partial charge in [-0.15, -0.1) is 0 Å². The Labute approximate surface area is 235 Å². The lowest BCUT2D eigenvalue weighted by Gasteiger charge is -2.14. The Hall–Kier alpha value is -4.77. The molecule has 0 radical (unpaired) electrons. The molecule has 3 amide bonds. The largest absolute Gasteiger partial charge is 0.416 e. The topological polar surface area (TPSA) is 173 Å². The number of benzene rings is 2. The molecule has 0 fully saturated rings. The number of hydrogen-bond acceptors (Lipinski definition) is 8. The highest BCUT2D eigenvalue weighted by Gasteiger charge is 2.31. The van der Waals surface area contributed by atoms with Gasteiger partial charge in [0.2, 0.25) is 0 Å². The maximum absolute atomic E-state index is 14.0. The number of anilines is 3. The zero-order valence-corrected chi connectivity index (χ0v) is 22.0. The number of alkyl halides is 3. The molecular weight excluding hydrogens is 622 g/mol. The highest BCUT2D eigenvalue weighted by molar-refractivity contribution is 9.06. The molecule has 0 aliphatic heterocycles. The fourth-order valence-corrected chi connectivity index (χ4v) is 4.00. The van der Waals surface area contributed by atoms with Crippen LogP contribution in [0.5, 0.6) is 0 Å². The molecule has 0 spiro atoms. The van der Waals surface area contributed by atoms with Crippen molar-refractivity contribution in [3.63, 3.8) is 0 Å². The molecule has 1 atom stereocenters. The van der Waals surface area contributed by atoms with Crippen molar-refractivity contribution < 1.29 is 40.9 Å². The summed E-state index contributed by atoms with van der Waals surface area (Å²) in [6.45, 7) is -0.756. The van der Waals surface area contributed by atoms with Crippen molar-refractivity contribution in [1.82, 2.24) is 19.9 Å². The van der Waals surface area contributed by atoms with Gasteiger partial charge in [0.1, 0.15) is 17.7 Å². The number of carbonyl (C=O) groups is 3. The summed E-state index contributed by atoms with van der Waals surface area (Å²) in [6.07, 6.45) is -2.25. The van der Waals surface area contributed by atoms with Crippen molar-refractivity contribution in [3.8, 4) is 11.1 Å². The van der Waals surface area contributed by atoms with Crippen LogP contribution in [0.2, 0.25) is 0 Å². The van der Waals surface area contributed by atoms with E-state index in [0.717, 1.165) is 6.33 Å². The van der Waals surface area contributed by atoms with E-state index in [9.17, 15) is 37.1 Å². The van der Waals surface area contributed by atoms with E-state index >= 15 is 0 Å². The highest BCUT2D eigenvalue weighted by atomic mass is 79.9. The number of amides is 3. The quantitative estimate of drug-likeness (QED) is 0.190. The molecule has 0 aliphatic rings. The number of aliphatic hydroxyl groups is 1. The monoisotopic (exact) mass is 639 g/mol. The zero-order valence-electron chi connectivity index (χ0n) is 20.4. The van der Waals surface area contributed by atoms with Crippen LogP contribution in [-0.4, -0.2) is 50.3 Å². The predicted octanol–water partition coefficient (Wildman–Crippen LogP) is 3.72. The van der Waals surface area contributed by atoms with Crippen LogP contribution in [0.3, 0.4) is 0 Å². The van der Waals surface area contributed by atoms with Crippen LogP contribution >= 0.6 is 16.3 Å². The van der Waals surface area contributed by atoms with E-state index in [-0.39, 0.29) is 28.1 Å². The number of nitrogens with two attached hydrogens (primary N) is 1. The van der Waals surface area contributed by atoms with E-state index in [1.807, 2.05) is 5.32 Å². The first-order chi connectivity index (χ1) is 19.4. The SMILES string of the molecule is Nc1ncnn2cc(C(=O)NC(CO)C(=O)OBr)c(-c3ccc(NC(=O)Nc4cc(C(F)(F)F)ccc4F)cc3)c12. The lowest BCUT2D eigenvalue weighted by atomic mass is 10.0. The van der Waals surface area contributed by atoms with E-state index < -0.39 is 53.8 Å². The minimum atomic E-state index is -4.74. The predicted molar refractivity (Wildman–Crippen MR) is 140 cm³/mol. The normalized spacial score (nSPS) is 12.0. The smallest absolute Gasteiger partial charge is 0.394 e. The Kier molecular flexibility index (Phi) is 8.39. The van der Waals surface area contributed by atoms with Gasteiger partial charge in [-0.2, -0.15) is 18.3 Å². The molecule has 2 heterocycles. The van der Waals surface area contributed by atoms with Crippen LogP contribution in [0, 0.1) is 5.82 Å². The van der Waals surface area contributed by atoms with Gasteiger partial charge in [-0.3, -0.25) is 4.79 Å². The summed E-state index contributed by atoms with van der Waals surface area (Å²) < 4.78 is 58.5. The third-order valence-electron chi connectivity index (χ3n) is 5.67. The summed E-state index contributed by atoms with van der Waals surface area (Å²) in [5, 5.41) is 20.2. The lowest BCUT2D eigenvalue weighted by Crippen LogP contribution is -2.43. The molecular formula is C24H18BrF4N7O5. The average Bonchev–Trinajstić information content (AvgIpc) is 3.33. The molecule has 4 rings (SSSR count). The van der Waals surface area contributed by atoms with Gasteiger partial charge in [-0.05, 0) is 35.9 Å². The van der Waals surface area contributed by atoms with Crippen LogP contribution in [0.25, 0.3) is 16.6 Å². The summed E-state index contributed by atoms with van der Waals surface area (Å²) in [6, 6.07) is 4.96. The Morgan fingerprint density at radius 3 is 2.46 bits per heavy atom. The minimum absolute atomic E-state index is 0.00324. The third kappa shape index (κ3) is 6.36. The van der Waals surface area contributed by atoms with Crippen LogP contribution in [0.1, 0.15) is 15.9 Å². The van der Waals surface area contributed by atoms with Crippen LogP contribution < -0.4 is 21.7 Å². The third-order valence-corrected chi connectivity index (χ3v) is 5.99. The number of halogens is 5. The Morgan fingerprint density at radius 2 is 1.83 bits per heavy atom. The first-order valence-corrected chi connectivity index (χ1v) is 12.0. The van der Waals surface area contributed by atoms with E-state index in [2.05, 4.69) is 40.8 Å². The number of aliphatic hydroxyl groups excluding tert-OH is 1. The number of nitrogens with zero attached hydrogens (tertiary/aromatic N) is 3. The van der Waals surface area contributed by atoms with Crippen molar-refractivity contribution in [1.29, 1.82) is 0 Å². The van der Waals surface area contributed by atoms with Crippen molar-refractivity contribution in [3.05, 3.63) is 71.9 Å². The first kappa shape index (κ1) is 29.2. The maximum Gasteiger partial charge on any atom is 0.416 e. The van der Waals surface area contributed by atoms with Gasteiger partial charge in [0.25, 0.3) is 5.91 Å². The van der Waals surface area contributed by atoms with Gasteiger partial charge in [-0.1, -0.05) is 12.1 Å². The first-order valence-electron chi connectivity index (χ1n) is 11.3. The Morgan fingerprint density at radius 1 is 1.12 bits per heavy atom. The highest BCUT2D eigenvalue weighted by Crippen LogP contribution is 2.34. The van der Waals surface area contributed by atoms with E-state index in [1.54, 1.807) is 0 Å². The number of urea groups is 1. The molecule has 4 aromatic rings. The molecule has 2 aromatic heterocycles. The van der Waals surface area contributed by atoms with Crippen molar-refractivity contribution in [2.24, 2.45) is 0 Å². The van der Waals surface area contributed by atoms with Crippen LogP contribution in [-0.2, 0) is 14.8 Å². The number of hydrogen-bond donors (Lipinski definition) is 5. The fraction of sp³-hybridized carbons (Fsp3) is 0.125. The van der Waals surface area contributed by atoms with Crippen molar-refractivity contribution in [2.75, 3.05) is 23.0 Å². The van der Waals surface area contributed by atoms with Crippen LogP contribution in [0.15, 0.2) is 55.0 Å². The van der Waals surface area contributed by atoms with Crippen molar-refractivity contribution >= 4 is 56.9 Å². The number of carbonyl (C=O) groups excluding carboxylic acids is 3. The van der Waals surface area contributed by atoms with Crippen LogP contribution in [0.4, 0.5) is 39.5 Å². The van der Waals surface area contributed by atoms with Gasteiger partial charge < -0.3 is 30.6 Å². The minimum Gasteiger partial charge on any atom is -0.394 e. The second kappa shape index (κ2) is 11.8. The second-order valence-electron chi connectivity index (χ2n) is 8.31. The zero-order chi connectivity index (χ0) is 29.9. The second-order valence-corrected chi connectivity index (χ2v) is 8.63. The molecule has 12 nitrogen and oxygen atoms in total. The summed E-state index contributed by atoms with van der Waals surface area (Å²) >= 11 is 2.50. The van der Waals surface area contributed by atoms with Gasteiger partial charge >= 0.3 is 18.2 Å². The number of aromatic nitrogens is 3.